The van der Waals surface area contributed by atoms with Crippen molar-refractivity contribution in [2.24, 2.45) is 10.8 Å². The molecule has 0 aromatic rings. The molecule has 0 N–H and O–H groups in total. The van der Waals surface area contributed by atoms with E-state index in [0.717, 1.165) is 58.2 Å². The van der Waals surface area contributed by atoms with Crippen LogP contribution in [0.15, 0.2) is 12.2 Å². The zero-order chi connectivity index (χ0) is 15.6. The summed E-state index contributed by atoms with van der Waals surface area (Å²) in [6.45, 7) is 5.30. The summed E-state index contributed by atoms with van der Waals surface area (Å²) in [6.07, 6.45) is 10.6. The first kappa shape index (κ1) is 16.0. The third-order valence-corrected chi connectivity index (χ3v) is 5.82. The molecule has 4 nitrogen and oxygen atoms in total. The second-order valence-corrected chi connectivity index (χ2v) is 7.55. The largest absolute Gasteiger partial charge is 0.384 e. The molecule has 124 valence electrons. The van der Waals surface area contributed by atoms with Crippen LogP contribution in [-0.2, 0) is 14.3 Å². The van der Waals surface area contributed by atoms with Crippen molar-refractivity contribution in [2.75, 3.05) is 33.4 Å². The highest BCUT2D eigenvalue weighted by atomic mass is 16.5. The topological polar surface area (TPSA) is 38.8 Å². The summed E-state index contributed by atoms with van der Waals surface area (Å²) >= 11 is 0. The third-order valence-electron chi connectivity index (χ3n) is 5.82. The maximum absolute atomic E-state index is 13.1. The number of ether oxygens (including phenoxy) is 2. The van der Waals surface area contributed by atoms with Crippen LogP contribution in [0.1, 0.15) is 45.4 Å². The number of carbonyl (C=O) groups excluding carboxylic acids is 1. The van der Waals surface area contributed by atoms with Crippen molar-refractivity contribution in [3.8, 4) is 0 Å². The molecule has 2 fully saturated rings. The Kier molecular flexibility index (Phi) is 4.60. The summed E-state index contributed by atoms with van der Waals surface area (Å²) in [7, 11) is 1.76. The van der Waals surface area contributed by atoms with E-state index >= 15 is 0 Å². The number of fused-ring (bicyclic) bond motifs is 1. The molecule has 22 heavy (non-hydrogen) atoms. The zero-order valence-electron chi connectivity index (χ0n) is 14.0. The minimum absolute atomic E-state index is 0.00176. The van der Waals surface area contributed by atoms with E-state index < -0.39 is 0 Å². The molecule has 0 spiro atoms. The lowest BCUT2D eigenvalue weighted by Crippen LogP contribution is -2.59. The molecule has 3 aliphatic rings. The molecule has 2 saturated heterocycles. The van der Waals surface area contributed by atoms with Gasteiger partial charge in [0.25, 0.3) is 0 Å². The number of carbonyl (C=O) groups is 1. The fourth-order valence-electron chi connectivity index (χ4n) is 4.50. The van der Waals surface area contributed by atoms with E-state index in [0.29, 0.717) is 12.5 Å². The van der Waals surface area contributed by atoms with Gasteiger partial charge in [-0.1, -0.05) is 19.1 Å². The van der Waals surface area contributed by atoms with Crippen molar-refractivity contribution in [1.82, 2.24) is 4.90 Å². The number of rotatable bonds is 3. The summed E-state index contributed by atoms with van der Waals surface area (Å²) in [6, 6.07) is 0. The normalized spacial score (nSPS) is 38.6. The van der Waals surface area contributed by atoms with Crippen LogP contribution in [0.25, 0.3) is 0 Å². The standard InChI is InChI=1S/C18H29NO3/c1-17(8-4-3-5-9-17)16(20)19-11-7-15-18(13-19,14-21-2)10-6-12-22-15/h3-4,15H,5-14H2,1-2H3. The zero-order valence-corrected chi connectivity index (χ0v) is 14.0. The van der Waals surface area contributed by atoms with E-state index in [1.165, 1.54) is 0 Å². The molecule has 0 bridgehead atoms. The predicted octanol–water partition coefficient (Wildman–Crippen LogP) is 2.78. The molecular formula is C18H29NO3. The minimum Gasteiger partial charge on any atom is -0.384 e. The first-order valence-electron chi connectivity index (χ1n) is 8.65. The van der Waals surface area contributed by atoms with E-state index in [9.17, 15) is 4.79 Å². The second kappa shape index (κ2) is 6.32. The van der Waals surface area contributed by atoms with Gasteiger partial charge in [0, 0.05) is 32.2 Å². The van der Waals surface area contributed by atoms with Crippen LogP contribution >= 0.6 is 0 Å². The van der Waals surface area contributed by atoms with E-state index in [4.69, 9.17) is 9.47 Å². The number of methoxy groups -OCH3 is 1. The first-order chi connectivity index (χ1) is 10.6. The van der Waals surface area contributed by atoms with Crippen molar-refractivity contribution in [3.63, 3.8) is 0 Å². The molecule has 4 heteroatoms. The number of piperidine rings is 1. The summed E-state index contributed by atoms with van der Waals surface area (Å²) in [5, 5.41) is 0. The molecule has 0 radical (unpaired) electrons. The minimum atomic E-state index is -0.217. The fourth-order valence-corrected chi connectivity index (χ4v) is 4.50. The van der Waals surface area contributed by atoms with Gasteiger partial charge in [0.1, 0.15) is 0 Å². The van der Waals surface area contributed by atoms with Gasteiger partial charge in [0.2, 0.25) is 5.91 Å². The maximum Gasteiger partial charge on any atom is 0.228 e. The van der Waals surface area contributed by atoms with Gasteiger partial charge in [0.15, 0.2) is 0 Å². The highest BCUT2D eigenvalue weighted by molar-refractivity contribution is 5.83. The molecule has 3 atom stereocenters. The van der Waals surface area contributed by atoms with Gasteiger partial charge in [0.05, 0.1) is 18.1 Å². The number of allylic oxidation sites excluding steroid dienone is 2. The molecule has 3 rings (SSSR count). The molecule has 2 aliphatic heterocycles. The van der Waals surface area contributed by atoms with Crippen molar-refractivity contribution in [3.05, 3.63) is 12.2 Å². The average molecular weight is 307 g/mol. The SMILES string of the molecule is COCC12CCCOC1CCN(C(=O)C1(C)CC=CCC1)C2. The smallest absolute Gasteiger partial charge is 0.228 e. The molecule has 2 heterocycles. The average Bonchev–Trinajstić information content (AvgIpc) is 2.54. The molecule has 1 aliphatic carbocycles. The van der Waals surface area contributed by atoms with Crippen LogP contribution in [0.4, 0.5) is 0 Å². The number of likely N-dealkylation sites (tertiary alicyclic amines) is 1. The number of hydrogen-bond donors (Lipinski definition) is 0. The molecule has 0 aromatic carbocycles. The number of nitrogens with zero attached hydrogens (tertiary/aromatic N) is 1. The molecular weight excluding hydrogens is 278 g/mol. The summed E-state index contributed by atoms with van der Waals surface area (Å²) in [5.41, 5.74) is -0.215. The number of amides is 1. The lowest BCUT2D eigenvalue weighted by molar-refractivity contribution is -0.168. The van der Waals surface area contributed by atoms with Crippen LogP contribution in [0, 0.1) is 10.8 Å². The van der Waals surface area contributed by atoms with Crippen molar-refractivity contribution < 1.29 is 14.3 Å². The maximum atomic E-state index is 13.1. The van der Waals surface area contributed by atoms with Crippen molar-refractivity contribution in [2.45, 2.75) is 51.6 Å². The van der Waals surface area contributed by atoms with E-state index in [1.807, 2.05) is 0 Å². The molecule has 3 unspecified atom stereocenters. The molecule has 1 amide bonds. The second-order valence-electron chi connectivity index (χ2n) is 7.55. The Morgan fingerprint density at radius 2 is 2.27 bits per heavy atom. The van der Waals surface area contributed by atoms with E-state index in [-0.39, 0.29) is 16.9 Å². The monoisotopic (exact) mass is 307 g/mol. The molecule has 0 aromatic heterocycles. The van der Waals surface area contributed by atoms with Crippen LogP contribution in [0.2, 0.25) is 0 Å². The Bertz CT molecular complexity index is 446. The predicted molar refractivity (Wildman–Crippen MR) is 85.6 cm³/mol. The lowest BCUT2D eigenvalue weighted by Gasteiger charge is -2.51. The van der Waals surface area contributed by atoms with Crippen LogP contribution in [0.3, 0.4) is 0 Å². The van der Waals surface area contributed by atoms with Gasteiger partial charge in [-0.2, -0.15) is 0 Å². The Balaban J connectivity index is 1.75. The number of hydrogen-bond acceptors (Lipinski definition) is 3. The Morgan fingerprint density at radius 1 is 1.41 bits per heavy atom. The van der Waals surface area contributed by atoms with E-state index in [1.54, 1.807) is 7.11 Å². The Morgan fingerprint density at radius 3 is 3.00 bits per heavy atom. The van der Waals surface area contributed by atoms with E-state index in [2.05, 4.69) is 24.0 Å². The Labute approximate surface area is 133 Å². The van der Waals surface area contributed by atoms with Crippen molar-refractivity contribution in [1.29, 1.82) is 0 Å². The summed E-state index contributed by atoms with van der Waals surface area (Å²) < 4.78 is 11.5. The lowest BCUT2D eigenvalue weighted by atomic mass is 9.71. The van der Waals surface area contributed by atoms with Gasteiger partial charge in [-0.15, -0.1) is 0 Å². The van der Waals surface area contributed by atoms with Crippen LogP contribution < -0.4 is 0 Å². The third kappa shape index (κ3) is 2.83. The summed E-state index contributed by atoms with van der Waals surface area (Å²) in [5.74, 6) is 0.330. The molecule has 0 saturated carbocycles. The van der Waals surface area contributed by atoms with Gasteiger partial charge in [-0.05, 0) is 38.5 Å². The fraction of sp³-hybridized carbons (Fsp3) is 0.833. The summed E-state index contributed by atoms with van der Waals surface area (Å²) in [4.78, 5) is 15.2. The Hall–Kier alpha value is -0.870. The van der Waals surface area contributed by atoms with Crippen LogP contribution in [-0.4, -0.2) is 50.3 Å². The quantitative estimate of drug-likeness (QED) is 0.753. The van der Waals surface area contributed by atoms with Gasteiger partial charge < -0.3 is 14.4 Å². The highest BCUT2D eigenvalue weighted by Gasteiger charge is 2.49. The van der Waals surface area contributed by atoms with Gasteiger partial charge in [-0.25, -0.2) is 0 Å². The first-order valence-corrected chi connectivity index (χ1v) is 8.65. The van der Waals surface area contributed by atoms with Gasteiger partial charge >= 0.3 is 0 Å². The van der Waals surface area contributed by atoms with Crippen LogP contribution in [0.5, 0.6) is 0 Å². The highest BCUT2D eigenvalue weighted by Crippen LogP contribution is 2.42. The van der Waals surface area contributed by atoms with Crippen molar-refractivity contribution >= 4 is 5.91 Å². The van der Waals surface area contributed by atoms with Gasteiger partial charge in [-0.3, -0.25) is 4.79 Å².